The Balaban J connectivity index is 1.78. The molecule has 1 saturated heterocycles. The van der Waals surface area contributed by atoms with Crippen LogP contribution in [0.3, 0.4) is 0 Å². The lowest BCUT2D eigenvalue weighted by atomic mass is 10.2. The Hall–Kier alpha value is -2.73. The minimum absolute atomic E-state index is 0.0765. The van der Waals surface area contributed by atoms with Gasteiger partial charge in [-0.05, 0) is 17.1 Å². The van der Waals surface area contributed by atoms with Gasteiger partial charge in [0.25, 0.3) is 0 Å². The molecule has 1 aliphatic rings. The van der Waals surface area contributed by atoms with E-state index in [0.717, 1.165) is 0 Å². The molecule has 0 bridgehead atoms. The lowest BCUT2D eigenvalue weighted by Crippen LogP contribution is -2.37. The van der Waals surface area contributed by atoms with E-state index >= 15 is 0 Å². The fourth-order valence-corrected chi connectivity index (χ4v) is 3.31. The molecule has 24 heavy (non-hydrogen) atoms. The Morgan fingerprint density at radius 2 is 2.33 bits per heavy atom. The molecule has 3 aromatic heterocycles. The molecule has 11 nitrogen and oxygen atoms in total. The number of imidazole rings is 1. The van der Waals surface area contributed by atoms with Crippen molar-refractivity contribution in [2.45, 2.75) is 6.04 Å². The smallest absolute Gasteiger partial charge is 0.342 e. The summed E-state index contributed by atoms with van der Waals surface area (Å²) in [5.74, 6) is 1.46. The second-order valence-electron chi connectivity index (χ2n) is 5.10. The van der Waals surface area contributed by atoms with Crippen LogP contribution in [-0.2, 0) is 11.2 Å². The minimum atomic E-state index is -0.465. The summed E-state index contributed by atoms with van der Waals surface area (Å²) in [6, 6.07) is 3.25. The second-order valence-corrected chi connectivity index (χ2v) is 5.83. The molecule has 12 heteroatoms. The Labute approximate surface area is 139 Å². The normalized spacial score (nSPS) is 18.2. The van der Waals surface area contributed by atoms with Crippen LogP contribution >= 0.6 is 12.0 Å². The molecule has 0 amide bonds. The molecule has 0 aliphatic carbocycles. The number of anilines is 1. The van der Waals surface area contributed by atoms with Crippen LogP contribution in [0.15, 0.2) is 24.5 Å². The van der Waals surface area contributed by atoms with Crippen molar-refractivity contribution in [1.82, 2.24) is 29.4 Å². The third-order valence-corrected chi connectivity index (χ3v) is 4.47. The molecule has 4 heterocycles. The van der Waals surface area contributed by atoms with Gasteiger partial charge in [0.05, 0.1) is 19.5 Å². The molecule has 4 rings (SSSR count). The van der Waals surface area contributed by atoms with Gasteiger partial charge in [0, 0.05) is 18.2 Å². The van der Waals surface area contributed by atoms with Gasteiger partial charge in [0.2, 0.25) is 11.8 Å². The number of rotatable bonds is 3. The zero-order valence-electron chi connectivity index (χ0n) is 12.5. The van der Waals surface area contributed by atoms with E-state index in [1.165, 1.54) is 22.8 Å². The summed E-state index contributed by atoms with van der Waals surface area (Å²) in [5, 5.41) is 23.6. The monoisotopic (exact) mass is 348 g/mol. The summed E-state index contributed by atoms with van der Waals surface area (Å²) in [5.41, 5.74) is 0.619. The van der Waals surface area contributed by atoms with Crippen molar-refractivity contribution in [3.63, 3.8) is 0 Å². The Bertz CT molecular complexity index is 909. The first-order valence-corrected chi connectivity index (χ1v) is 7.91. The van der Waals surface area contributed by atoms with Crippen molar-refractivity contribution in [1.29, 1.82) is 0 Å². The zero-order valence-corrected chi connectivity index (χ0v) is 13.3. The van der Waals surface area contributed by atoms with Crippen LogP contribution in [0.25, 0.3) is 5.65 Å². The summed E-state index contributed by atoms with van der Waals surface area (Å²) >= 11 is 1.27. The van der Waals surface area contributed by atoms with Gasteiger partial charge in [-0.15, -0.1) is 10.2 Å². The molecular formula is C12H12N8O3S. The molecule has 0 saturated carbocycles. The predicted octanol–water partition coefficient (Wildman–Crippen LogP) is 0.950. The first kappa shape index (κ1) is 14.8. The van der Waals surface area contributed by atoms with Crippen LogP contribution in [0.5, 0.6) is 0 Å². The van der Waals surface area contributed by atoms with Gasteiger partial charge in [-0.3, -0.25) is 0 Å². The largest absolute Gasteiger partial charge is 0.358 e. The summed E-state index contributed by atoms with van der Waals surface area (Å²) in [6.45, 7) is 0.314. The highest BCUT2D eigenvalue weighted by molar-refractivity contribution is 7.94. The van der Waals surface area contributed by atoms with Gasteiger partial charge in [-0.25, -0.2) is 9.55 Å². The summed E-state index contributed by atoms with van der Waals surface area (Å²) in [6.07, 6.45) is 2.89. The van der Waals surface area contributed by atoms with Crippen molar-refractivity contribution in [3.05, 3.63) is 40.5 Å². The van der Waals surface area contributed by atoms with Crippen LogP contribution in [0.2, 0.25) is 0 Å². The molecular weight excluding hydrogens is 336 g/mol. The Morgan fingerprint density at radius 3 is 3.12 bits per heavy atom. The zero-order chi connectivity index (χ0) is 16.7. The highest BCUT2D eigenvalue weighted by atomic mass is 32.2. The first-order valence-electron chi connectivity index (χ1n) is 7.00. The third-order valence-electron chi connectivity index (χ3n) is 3.78. The van der Waals surface area contributed by atoms with E-state index in [9.17, 15) is 10.1 Å². The highest BCUT2D eigenvalue weighted by Crippen LogP contribution is 2.33. The van der Waals surface area contributed by atoms with Crippen molar-refractivity contribution in [2.24, 2.45) is 7.05 Å². The second kappa shape index (κ2) is 5.72. The summed E-state index contributed by atoms with van der Waals surface area (Å²) < 4.78 is 8.55. The van der Waals surface area contributed by atoms with E-state index in [2.05, 4.69) is 20.3 Å². The average Bonchev–Trinajstić information content (AvgIpc) is 3.18. The summed E-state index contributed by atoms with van der Waals surface area (Å²) in [4.78, 5) is 16.7. The Morgan fingerprint density at radius 1 is 1.46 bits per heavy atom. The van der Waals surface area contributed by atoms with Crippen molar-refractivity contribution >= 4 is 29.5 Å². The molecule has 0 spiro atoms. The maximum atomic E-state index is 11.1. The molecule has 1 atom stereocenters. The fraction of sp³-hybridized carbons (Fsp3) is 0.333. The fourth-order valence-electron chi connectivity index (χ4n) is 2.60. The molecule has 1 unspecified atom stereocenters. The average molecular weight is 348 g/mol. The van der Waals surface area contributed by atoms with E-state index in [4.69, 9.17) is 4.18 Å². The standard InChI is InChI=1S/C12H12N8O3S/c1-17-10(20(21)22)5-13-11(17)8-6-23-24-7-18(8)12-16-15-9-3-2-4-14-19(9)12/h2-5,8H,6-7H2,1H3. The van der Waals surface area contributed by atoms with E-state index in [1.807, 2.05) is 4.90 Å². The van der Waals surface area contributed by atoms with Crippen LogP contribution < -0.4 is 4.90 Å². The van der Waals surface area contributed by atoms with Crippen LogP contribution in [0.4, 0.5) is 11.8 Å². The number of aromatic nitrogens is 6. The maximum Gasteiger partial charge on any atom is 0.342 e. The number of nitrogens with zero attached hydrogens (tertiary/aromatic N) is 8. The Kier molecular flexibility index (Phi) is 3.54. The lowest BCUT2D eigenvalue weighted by molar-refractivity contribution is -0.391. The highest BCUT2D eigenvalue weighted by Gasteiger charge is 2.35. The molecule has 3 aromatic rings. The van der Waals surface area contributed by atoms with E-state index < -0.39 is 4.92 Å². The van der Waals surface area contributed by atoms with E-state index in [-0.39, 0.29) is 11.9 Å². The lowest BCUT2D eigenvalue weighted by Gasteiger charge is -2.32. The van der Waals surface area contributed by atoms with Crippen LogP contribution in [-0.4, -0.2) is 46.8 Å². The maximum absolute atomic E-state index is 11.1. The SMILES string of the molecule is Cn1c([N+](=O)[O-])cnc1C1COSCN1c1nnc2cccnn12. The number of hydrogen-bond donors (Lipinski definition) is 0. The van der Waals surface area contributed by atoms with Gasteiger partial charge < -0.3 is 19.2 Å². The van der Waals surface area contributed by atoms with Crippen LogP contribution in [0, 0.1) is 10.1 Å². The van der Waals surface area contributed by atoms with E-state index in [0.29, 0.717) is 29.9 Å². The van der Waals surface area contributed by atoms with Gasteiger partial charge in [0.15, 0.2) is 5.65 Å². The predicted molar refractivity (Wildman–Crippen MR) is 84.3 cm³/mol. The quantitative estimate of drug-likeness (QED) is 0.387. The molecule has 1 fully saturated rings. The molecule has 0 aromatic carbocycles. The molecule has 0 N–H and O–H groups in total. The van der Waals surface area contributed by atoms with Gasteiger partial charge >= 0.3 is 5.82 Å². The van der Waals surface area contributed by atoms with Crippen molar-refractivity contribution in [3.8, 4) is 0 Å². The number of hydrogen-bond acceptors (Lipinski definition) is 9. The summed E-state index contributed by atoms with van der Waals surface area (Å²) in [7, 11) is 1.61. The molecule has 124 valence electrons. The van der Waals surface area contributed by atoms with E-state index in [1.54, 1.807) is 29.9 Å². The molecule has 1 aliphatic heterocycles. The van der Waals surface area contributed by atoms with Crippen molar-refractivity contribution < 1.29 is 9.11 Å². The number of fused-ring (bicyclic) bond motifs is 1. The molecule has 0 radical (unpaired) electrons. The van der Waals surface area contributed by atoms with Gasteiger partial charge in [0.1, 0.15) is 12.2 Å². The van der Waals surface area contributed by atoms with Crippen LogP contribution in [0.1, 0.15) is 11.9 Å². The van der Waals surface area contributed by atoms with Gasteiger partial charge in [-0.2, -0.15) is 9.61 Å². The third kappa shape index (κ3) is 2.27. The minimum Gasteiger partial charge on any atom is -0.358 e. The van der Waals surface area contributed by atoms with Crippen molar-refractivity contribution in [2.75, 3.05) is 17.4 Å². The topological polar surface area (TPSA) is 117 Å². The number of nitro groups is 1. The first-order chi connectivity index (χ1) is 11.7. The van der Waals surface area contributed by atoms with Gasteiger partial charge in [-0.1, -0.05) is 0 Å².